The van der Waals surface area contributed by atoms with Crippen LogP contribution in [0.5, 0.6) is 0 Å². The number of carbonyl (C=O) groups excluding carboxylic acids is 1. The summed E-state index contributed by atoms with van der Waals surface area (Å²) in [5.74, 6) is -0.861. The summed E-state index contributed by atoms with van der Waals surface area (Å²) in [5, 5.41) is 13.7. The van der Waals surface area contributed by atoms with Crippen molar-refractivity contribution in [1.29, 1.82) is 0 Å². The molecule has 1 fully saturated rings. The van der Waals surface area contributed by atoms with Crippen LogP contribution in [0, 0.1) is 29.9 Å². The summed E-state index contributed by atoms with van der Waals surface area (Å²) in [4.78, 5) is 23.4. The molecule has 1 heterocycles. The molecule has 0 saturated carbocycles. The van der Waals surface area contributed by atoms with Crippen LogP contribution in [0.2, 0.25) is 0 Å². The van der Waals surface area contributed by atoms with E-state index in [-0.39, 0.29) is 23.0 Å². The lowest BCUT2D eigenvalue weighted by Gasteiger charge is -2.31. The van der Waals surface area contributed by atoms with E-state index in [1.165, 1.54) is 16.4 Å². The van der Waals surface area contributed by atoms with Gasteiger partial charge in [0.2, 0.25) is 15.9 Å². The number of amides is 1. The van der Waals surface area contributed by atoms with Crippen molar-refractivity contribution in [2.75, 3.05) is 18.4 Å². The second-order valence-electron chi connectivity index (χ2n) is 7.26. The Morgan fingerprint density at radius 1 is 1.17 bits per heavy atom. The second kappa shape index (κ2) is 8.30. The molecule has 154 valence electrons. The van der Waals surface area contributed by atoms with Crippen LogP contribution in [0.4, 0.5) is 11.4 Å². The molecule has 29 heavy (non-hydrogen) atoms. The number of nitro benzene ring substituents is 1. The van der Waals surface area contributed by atoms with Gasteiger partial charge in [-0.05, 0) is 44.4 Å². The predicted molar refractivity (Wildman–Crippen MR) is 109 cm³/mol. The third-order valence-electron chi connectivity index (χ3n) is 5.10. The summed E-state index contributed by atoms with van der Waals surface area (Å²) in [7, 11) is -3.68. The largest absolute Gasteiger partial charge is 0.325 e. The van der Waals surface area contributed by atoms with E-state index < -0.39 is 20.9 Å². The number of nitrogens with zero attached hydrogens (tertiary/aromatic N) is 2. The van der Waals surface area contributed by atoms with Crippen molar-refractivity contribution >= 4 is 27.3 Å². The predicted octanol–water partition coefficient (Wildman–Crippen LogP) is 3.25. The number of rotatable bonds is 5. The third-order valence-corrected chi connectivity index (χ3v) is 6.98. The lowest BCUT2D eigenvalue weighted by Crippen LogP contribution is -2.43. The summed E-state index contributed by atoms with van der Waals surface area (Å²) < 4.78 is 27.2. The van der Waals surface area contributed by atoms with Gasteiger partial charge in [0.05, 0.1) is 21.4 Å². The first-order valence-electron chi connectivity index (χ1n) is 9.31. The van der Waals surface area contributed by atoms with Gasteiger partial charge in [-0.3, -0.25) is 14.9 Å². The highest BCUT2D eigenvalue weighted by atomic mass is 32.2. The van der Waals surface area contributed by atoms with Crippen LogP contribution in [-0.2, 0) is 14.8 Å². The number of hydrogen-bond donors (Lipinski definition) is 1. The first kappa shape index (κ1) is 20.9. The highest BCUT2D eigenvalue weighted by Gasteiger charge is 2.33. The standard InChI is InChI=1S/C20H23N3O5S/c1-14-5-9-18(10-6-14)29(27,28)22-11-3-4-16(13-22)20(24)21-19-12-17(23(25)26)8-7-15(19)2/h5-10,12,16H,3-4,11,13H2,1-2H3,(H,21,24)/t16-/m0/s1. The van der Waals surface area contributed by atoms with Gasteiger partial charge in [-0.2, -0.15) is 4.31 Å². The minimum absolute atomic E-state index is 0.0794. The zero-order valence-corrected chi connectivity index (χ0v) is 17.1. The first-order chi connectivity index (χ1) is 13.7. The Balaban J connectivity index is 1.75. The molecule has 0 aromatic heterocycles. The molecule has 0 spiro atoms. The van der Waals surface area contributed by atoms with E-state index in [0.717, 1.165) is 5.56 Å². The van der Waals surface area contributed by atoms with Crippen molar-refractivity contribution in [3.63, 3.8) is 0 Å². The molecule has 0 aliphatic carbocycles. The van der Waals surface area contributed by atoms with E-state index in [4.69, 9.17) is 0 Å². The van der Waals surface area contributed by atoms with Crippen LogP contribution < -0.4 is 5.32 Å². The zero-order chi connectivity index (χ0) is 21.2. The van der Waals surface area contributed by atoms with E-state index in [2.05, 4.69) is 5.32 Å². The summed E-state index contributed by atoms with van der Waals surface area (Å²) in [6, 6.07) is 10.9. The first-order valence-corrected chi connectivity index (χ1v) is 10.8. The van der Waals surface area contributed by atoms with Gasteiger partial charge >= 0.3 is 0 Å². The molecule has 0 radical (unpaired) electrons. The molecule has 0 unspecified atom stereocenters. The van der Waals surface area contributed by atoms with E-state index in [9.17, 15) is 23.3 Å². The Hall–Kier alpha value is -2.78. The van der Waals surface area contributed by atoms with E-state index in [1.54, 1.807) is 37.3 Å². The normalized spacial score (nSPS) is 17.7. The monoisotopic (exact) mass is 417 g/mol. The van der Waals surface area contributed by atoms with Crippen molar-refractivity contribution < 1.29 is 18.1 Å². The number of sulfonamides is 1. The van der Waals surface area contributed by atoms with Gasteiger partial charge in [0.15, 0.2) is 0 Å². The average Bonchev–Trinajstić information content (AvgIpc) is 2.70. The summed E-state index contributed by atoms with van der Waals surface area (Å²) in [6.07, 6.45) is 1.12. The molecule has 2 aromatic rings. The Morgan fingerprint density at radius 3 is 2.52 bits per heavy atom. The van der Waals surface area contributed by atoms with E-state index in [0.29, 0.717) is 30.6 Å². The van der Waals surface area contributed by atoms with Gasteiger partial charge in [0, 0.05) is 25.2 Å². The van der Waals surface area contributed by atoms with Crippen molar-refractivity contribution in [2.24, 2.45) is 5.92 Å². The summed E-state index contributed by atoms with van der Waals surface area (Å²) in [6.45, 7) is 4.06. The number of carbonyl (C=O) groups is 1. The lowest BCUT2D eigenvalue weighted by molar-refractivity contribution is -0.384. The molecule has 0 bridgehead atoms. The number of nitrogens with one attached hydrogen (secondary N) is 1. The smallest absolute Gasteiger partial charge is 0.271 e. The number of non-ortho nitro benzene ring substituents is 1. The van der Waals surface area contributed by atoms with Crippen LogP contribution >= 0.6 is 0 Å². The topological polar surface area (TPSA) is 110 Å². The lowest BCUT2D eigenvalue weighted by atomic mass is 9.98. The van der Waals surface area contributed by atoms with E-state index >= 15 is 0 Å². The fourth-order valence-corrected chi connectivity index (χ4v) is 4.85. The number of benzene rings is 2. The van der Waals surface area contributed by atoms with Crippen molar-refractivity contribution in [3.8, 4) is 0 Å². The van der Waals surface area contributed by atoms with Crippen LogP contribution in [0.15, 0.2) is 47.4 Å². The fraction of sp³-hybridized carbons (Fsp3) is 0.350. The molecule has 1 amide bonds. The van der Waals surface area contributed by atoms with Crippen LogP contribution in [0.3, 0.4) is 0 Å². The highest BCUT2D eigenvalue weighted by molar-refractivity contribution is 7.89. The minimum atomic E-state index is -3.68. The Labute approximate surface area is 169 Å². The van der Waals surface area contributed by atoms with Crippen LogP contribution in [0.25, 0.3) is 0 Å². The molecule has 9 heteroatoms. The number of nitro groups is 1. The third kappa shape index (κ3) is 4.63. The zero-order valence-electron chi connectivity index (χ0n) is 16.3. The van der Waals surface area contributed by atoms with Crippen LogP contribution in [-0.4, -0.2) is 36.6 Å². The maximum absolute atomic E-state index is 12.9. The Kier molecular flexibility index (Phi) is 5.99. The summed E-state index contributed by atoms with van der Waals surface area (Å²) >= 11 is 0. The number of aryl methyl sites for hydroxylation is 2. The number of anilines is 1. The Morgan fingerprint density at radius 2 is 1.86 bits per heavy atom. The molecule has 2 aromatic carbocycles. The SMILES string of the molecule is Cc1ccc(S(=O)(=O)N2CCC[C@H](C(=O)Nc3cc([N+](=O)[O-])ccc3C)C2)cc1. The minimum Gasteiger partial charge on any atom is -0.325 e. The Bertz CT molecular complexity index is 1030. The molecule has 3 rings (SSSR count). The summed E-state index contributed by atoms with van der Waals surface area (Å²) in [5.41, 5.74) is 1.91. The molecule has 1 atom stereocenters. The number of hydrogen-bond acceptors (Lipinski definition) is 5. The molecule has 1 N–H and O–H groups in total. The van der Waals surface area contributed by atoms with Gasteiger partial charge in [-0.25, -0.2) is 8.42 Å². The van der Waals surface area contributed by atoms with Crippen molar-refractivity contribution in [3.05, 3.63) is 63.7 Å². The van der Waals surface area contributed by atoms with Crippen LogP contribution in [0.1, 0.15) is 24.0 Å². The van der Waals surface area contributed by atoms with Gasteiger partial charge in [0.25, 0.3) is 5.69 Å². The molecule has 1 aliphatic heterocycles. The fourth-order valence-electron chi connectivity index (χ4n) is 3.33. The molecule has 8 nitrogen and oxygen atoms in total. The molecular weight excluding hydrogens is 394 g/mol. The van der Waals surface area contributed by atoms with Crippen molar-refractivity contribution in [1.82, 2.24) is 4.31 Å². The maximum atomic E-state index is 12.9. The second-order valence-corrected chi connectivity index (χ2v) is 9.20. The van der Waals surface area contributed by atoms with Crippen molar-refractivity contribution in [2.45, 2.75) is 31.6 Å². The van der Waals surface area contributed by atoms with Gasteiger partial charge in [-0.15, -0.1) is 0 Å². The molecule has 1 aliphatic rings. The van der Waals surface area contributed by atoms with Gasteiger partial charge in [0.1, 0.15) is 0 Å². The molecular formula is C20H23N3O5S. The maximum Gasteiger partial charge on any atom is 0.271 e. The molecule has 1 saturated heterocycles. The number of piperidine rings is 1. The highest BCUT2D eigenvalue weighted by Crippen LogP contribution is 2.27. The average molecular weight is 417 g/mol. The quantitative estimate of drug-likeness (QED) is 0.593. The van der Waals surface area contributed by atoms with Gasteiger partial charge in [-0.1, -0.05) is 23.8 Å². The van der Waals surface area contributed by atoms with E-state index in [1.807, 2.05) is 6.92 Å². The van der Waals surface area contributed by atoms with Gasteiger partial charge < -0.3 is 5.32 Å².